The largest absolute Gasteiger partial charge is 0.497 e. The topological polar surface area (TPSA) is 52.5 Å². The van der Waals surface area contributed by atoms with E-state index in [9.17, 15) is 4.79 Å². The minimum Gasteiger partial charge on any atom is -0.497 e. The highest BCUT2D eigenvalue weighted by atomic mass is 35.5. The zero-order chi connectivity index (χ0) is 19.0. The molecule has 4 rings (SSSR count). The van der Waals surface area contributed by atoms with Crippen molar-refractivity contribution in [2.75, 3.05) is 7.11 Å². The molecular formula is C21H21ClN2O3. The van der Waals surface area contributed by atoms with Crippen LogP contribution in [0.4, 0.5) is 0 Å². The van der Waals surface area contributed by atoms with Crippen molar-refractivity contribution in [3.8, 4) is 11.5 Å². The lowest BCUT2D eigenvalue weighted by Crippen LogP contribution is -2.31. The molecule has 1 aliphatic heterocycles. The Hall–Kier alpha value is -2.66. The van der Waals surface area contributed by atoms with E-state index in [-0.39, 0.29) is 12.0 Å². The number of aromatic nitrogens is 1. The lowest BCUT2D eigenvalue weighted by Gasteiger charge is -2.26. The monoisotopic (exact) mass is 384 g/mol. The standard InChI is InChI=1S/C21H21ClN2O3/c1-3-14-12-24-18(10-16-17(22)7-8-19(27-14)20(16)24)21(25)23-11-13-5-4-6-15(9-13)26-2/h4-10,14H,3,11-12H2,1-2H3,(H,23,25)/t14-/m0/s1. The molecule has 0 spiro atoms. The van der Waals surface area contributed by atoms with Crippen LogP contribution in [-0.2, 0) is 13.1 Å². The zero-order valence-corrected chi connectivity index (χ0v) is 16.0. The second-order valence-corrected chi connectivity index (χ2v) is 7.04. The lowest BCUT2D eigenvalue weighted by molar-refractivity contribution is 0.0935. The number of amides is 1. The van der Waals surface area contributed by atoms with Crippen molar-refractivity contribution in [2.45, 2.75) is 32.5 Å². The number of nitrogens with zero attached hydrogens (tertiary/aromatic N) is 1. The maximum Gasteiger partial charge on any atom is 0.268 e. The third-order valence-electron chi connectivity index (χ3n) is 4.92. The predicted octanol–water partition coefficient (Wildman–Crippen LogP) is 4.40. The van der Waals surface area contributed by atoms with Crippen LogP contribution in [0.1, 0.15) is 29.4 Å². The van der Waals surface area contributed by atoms with E-state index >= 15 is 0 Å². The van der Waals surface area contributed by atoms with E-state index in [1.807, 2.05) is 47.0 Å². The maximum absolute atomic E-state index is 12.9. The maximum atomic E-state index is 12.9. The summed E-state index contributed by atoms with van der Waals surface area (Å²) in [5.74, 6) is 1.41. The first-order valence-electron chi connectivity index (χ1n) is 9.00. The van der Waals surface area contributed by atoms with Crippen molar-refractivity contribution in [1.82, 2.24) is 9.88 Å². The predicted molar refractivity (Wildman–Crippen MR) is 106 cm³/mol. The van der Waals surface area contributed by atoms with Crippen LogP contribution < -0.4 is 14.8 Å². The van der Waals surface area contributed by atoms with Crippen molar-refractivity contribution in [2.24, 2.45) is 0 Å². The molecule has 5 nitrogen and oxygen atoms in total. The molecule has 0 saturated heterocycles. The van der Waals surface area contributed by atoms with Gasteiger partial charge in [0.05, 0.1) is 24.2 Å². The van der Waals surface area contributed by atoms with Crippen LogP contribution in [0, 0.1) is 0 Å². The highest BCUT2D eigenvalue weighted by molar-refractivity contribution is 6.36. The van der Waals surface area contributed by atoms with Gasteiger partial charge in [0.2, 0.25) is 0 Å². The van der Waals surface area contributed by atoms with Crippen LogP contribution in [0.15, 0.2) is 42.5 Å². The molecule has 2 aromatic carbocycles. The van der Waals surface area contributed by atoms with Crippen LogP contribution in [0.5, 0.6) is 11.5 Å². The minimum absolute atomic E-state index is 0.0409. The summed E-state index contributed by atoms with van der Waals surface area (Å²) in [6.07, 6.45) is 0.909. The Morgan fingerprint density at radius 2 is 2.19 bits per heavy atom. The van der Waals surface area contributed by atoms with E-state index in [2.05, 4.69) is 12.2 Å². The van der Waals surface area contributed by atoms with Gasteiger partial charge < -0.3 is 19.4 Å². The minimum atomic E-state index is -0.132. The molecule has 0 radical (unpaired) electrons. The van der Waals surface area contributed by atoms with Crippen LogP contribution >= 0.6 is 11.6 Å². The number of ether oxygens (including phenoxy) is 2. The van der Waals surface area contributed by atoms with E-state index in [4.69, 9.17) is 21.1 Å². The van der Waals surface area contributed by atoms with Crippen LogP contribution in [0.3, 0.4) is 0 Å². The fourth-order valence-electron chi connectivity index (χ4n) is 3.48. The van der Waals surface area contributed by atoms with Gasteiger partial charge in [-0.05, 0) is 42.3 Å². The highest BCUT2D eigenvalue weighted by Gasteiger charge is 2.26. The molecule has 140 valence electrons. The molecule has 27 heavy (non-hydrogen) atoms. The third kappa shape index (κ3) is 3.23. The molecule has 1 aliphatic rings. The van der Waals surface area contributed by atoms with Crippen molar-refractivity contribution in [3.05, 3.63) is 58.7 Å². The van der Waals surface area contributed by atoms with E-state index in [0.717, 1.165) is 34.4 Å². The van der Waals surface area contributed by atoms with Gasteiger partial charge in [0.15, 0.2) is 0 Å². The second-order valence-electron chi connectivity index (χ2n) is 6.63. The number of halogens is 1. The van der Waals surface area contributed by atoms with Gasteiger partial charge in [-0.25, -0.2) is 0 Å². The van der Waals surface area contributed by atoms with Crippen LogP contribution in [0.2, 0.25) is 5.02 Å². The summed E-state index contributed by atoms with van der Waals surface area (Å²) in [7, 11) is 1.63. The molecule has 0 saturated carbocycles. The van der Waals surface area contributed by atoms with Crippen molar-refractivity contribution in [1.29, 1.82) is 0 Å². The van der Waals surface area contributed by atoms with Crippen molar-refractivity contribution < 1.29 is 14.3 Å². The smallest absolute Gasteiger partial charge is 0.268 e. The number of nitrogens with one attached hydrogen (secondary N) is 1. The molecule has 1 N–H and O–H groups in total. The molecule has 1 amide bonds. The number of hydrogen-bond donors (Lipinski definition) is 1. The van der Waals surface area contributed by atoms with Gasteiger partial charge in [-0.15, -0.1) is 0 Å². The molecule has 0 fully saturated rings. The van der Waals surface area contributed by atoms with Gasteiger partial charge >= 0.3 is 0 Å². The van der Waals surface area contributed by atoms with Crippen LogP contribution in [0.25, 0.3) is 10.9 Å². The fourth-order valence-corrected chi connectivity index (χ4v) is 3.68. The number of carbonyl (C=O) groups excluding carboxylic acids is 1. The van der Waals surface area contributed by atoms with Crippen LogP contribution in [-0.4, -0.2) is 23.7 Å². The summed E-state index contributed by atoms with van der Waals surface area (Å²) in [6, 6.07) is 13.2. The Labute approximate surface area is 162 Å². The zero-order valence-electron chi connectivity index (χ0n) is 15.3. The molecule has 1 atom stereocenters. The number of methoxy groups -OCH3 is 1. The molecule has 0 bridgehead atoms. The number of rotatable bonds is 5. The second kappa shape index (κ2) is 7.16. The number of carbonyl (C=O) groups is 1. The summed E-state index contributed by atoms with van der Waals surface area (Å²) < 4.78 is 13.3. The van der Waals surface area contributed by atoms with Gasteiger partial charge in [-0.2, -0.15) is 0 Å². The van der Waals surface area contributed by atoms with Gasteiger partial charge in [-0.1, -0.05) is 30.7 Å². The van der Waals surface area contributed by atoms with E-state index in [1.165, 1.54) is 0 Å². The first-order chi connectivity index (χ1) is 13.1. The summed E-state index contributed by atoms with van der Waals surface area (Å²) in [5, 5.41) is 4.46. The quantitative estimate of drug-likeness (QED) is 0.709. The summed E-state index contributed by atoms with van der Waals surface area (Å²) in [6.45, 7) is 3.13. The number of benzene rings is 2. The Bertz CT molecular complexity index is 1010. The van der Waals surface area contributed by atoms with Gasteiger partial charge in [0.25, 0.3) is 5.91 Å². The average Bonchev–Trinajstić information content (AvgIpc) is 3.10. The van der Waals surface area contributed by atoms with Gasteiger partial charge in [0.1, 0.15) is 23.3 Å². The van der Waals surface area contributed by atoms with Gasteiger partial charge in [0, 0.05) is 11.9 Å². The lowest BCUT2D eigenvalue weighted by atomic mass is 10.2. The SMILES string of the molecule is CC[C@H]1Cn2c(C(=O)NCc3cccc(OC)c3)cc3c(Cl)ccc(c32)O1. The summed E-state index contributed by atoms with van der Waals surface area (Å²) >= 11 is 6.36. The molecule has 0 aliphatic carbocycles. The van der Waals surface area contributed by atoms with E-state index in [0.29, 0.717) is 23.8 Å². The molecule has 1 aromatic heterocycles. The molecule has 2 heterocycles. The van der Waals surface area contributed by atoms with Crippen molar-refractivity contribution >= 4 is 28.4 Å². The van der Waals surface area contributed by atoms with E-state index in [1.54, 1.807) is 7.11 Å². The first kappa shape index (κ1) is 17.7. The number of hydrogen-bond acceptors (Lipinski definition) is 3. The fraction of sp³-hybridized carbons (Fsp3) is 0.286. The Kier molecular flexibility index (Phi) is 4.70. The Balaban J connectivity index is 1.64. The third-order valence-corrected chi connectivity index (χ3v) is 5.25. The molecular weight excluding hydrogens is 364 g/mol. The Morgan fingerprint density at radius 3 is 2.96 bits per heavy atom. The first-order valence-corrected chi connectivity index (χ1v) is 9.38. The average molecular weight is 385 g/mol. The summed E-state index contributed by atoms with van der Waals surface area (Å²) in [5.41, 5.74) is 2.47. The normalized spacial score (nSPS) is 15.4. The Morgan fingerprint density at radius 1 is 1.33 bits per heavy atom. The van der Waals surface area contributed by atoms with E-state index < -0.39 is 0 Å². The van der Waals surface area contributed by atoms with Crippen molar-refractivity contribution in [3.63, 3.8) is 0 Å². The molecule has 0 unspecified atom stereocenters. The molecule has 6 heteroatoms. The highest BCUT2D eigenvalue weighted by Crippen LogP contribution is 2.38. The van der Waals surface area contributed by atoms with Gasteiger partial charge in [-0.3, -0.25) is 4.79 Å². The summed E-state index contributed by atoms with van der Waals surface area (Å²) in [4.78, 5) is 12.9. The molecule has 3 aromatic rings.